The van der Waals surface area contributed by atoms with Gasteiger partial charge in [0.2, 0.25) is 0 Å². The van der Waals surface area contributed by atoms with Crippen LogP contribution >= 0.6 is 32.9 Å². The van der Waals surface area contributed by atoms with Crippen LogP contribution in [0.3, 0.4) is 0 Å². The summed E-state index contributed by atoms with van der Waals surface area (Å²) in [4.78, 5) is 4.05. The zero-order chi connectivity index (χ0) is 5.98. The molecule has 52 valence electrons. The van der Waals surface area contributed by atoms with E-state index in [4.69, 9.17) is 0 Å². The average Bonchev–Trinajstić information content (AvgIpc) is 2.14. The monoisotopic (exact) mass is 254 g/mol. The molecule has 1 rings (SSSR count). The molecule has 0 aliphatic carbocycles. The van der Waals surface area contributed by atoms with Crippen molar-refractivity contribution in [1.29, 1.82) is 0 Å². The summed E-state index contributed by atoms with van der Waals surface area (Å²) in [7, 11) is 1.96. The number of aryl methyl sites for hydroxylation is 1. The third-order valence-electron chi connectivity index (χ3n) is 0.895. The number of rotatable bonds is 1. The molecule has 1 aromatic heterocycles. The second-order valence-electron chi connectivity index (χ2n) is 1.66. The maximum absolute atomic E-state index is 4.05. The summed E-state index contributed by atoms with van der Waals surface area (Å²) in [5.41, 5.74) is 1.08. The molecule has 0 radical (unpaired) electrons. The van der Waals surface area contributed by atoms with Gasteiger partial charge in [-0.2, -0.15) is 0 Å². The van der Waals surface area contributed by atoms with Crippen molar-refractivity contribution in [3.05, 3.63) is 18.2 Å². The molecule has 0 atom stereocenters. The lowest BCUT2D eigenvalue weighted by molar-refractivity contribution is 0.913. The van der Waals surface area contributed by atoms with Crippen LogP contribution in [-0.2, 0) is 12.4 Å². The van der Waals surface area contributed by atoms with E-state index in [1.165, 1.54) is 0 Å². The number of hydrogen-bond acceptors (Lipinski definition) is 1. The highest BCUT2D eigenvalue weighted by Gasteiger charge is 1.89. The molecule has 0 saturated heterocycles. The van der Waals surface area contributed by atoms with E-state index < -0.39 is 0 Å². The Balaban J connectivity index is 0.000000640. The zero-order valence-corrected chi connectivity index (χ0v) is 8.34. The van der Waals surface area contributed by atoms with E-state index in [-0.39, 0.29) is 17.0 Å². The van der Waals surface area contributed by atoms with Gasteiger partial charge in [-0.05, 0) is 0 Å². The highest BCUT2D eigenvalue weighted by Crippen LogP contribution is 1.98. The Hall–Kier alpha value is 0.170. The summed E-state index contributed by atoms with van der Waals surface area (Å²) < 4.78 is 1.93. The van der Waals surface area contributed by atoms with Crippen molar-refractivity contribution >= 4 is 32.9 Å². The van der Waals surface area contributed by atoms with Crippen LogP contribution in [0.4, 0.5) is 0 Å². The summed E-state index contributed by atoms with van der Waals surface area (Å²) in [6, 6.07) is 0. The van der Waals surface area contributed by atoms with Gasteiger partial charge in [-0.15, -0.1) is 17.0 Å². The SMILES string of the molecule is Br.Cn1cnc(CBr)c1. The van der Waals surface area contributed by atoms with Crippen molar-refractivity contribution in [3.63, 3.8) is 0 Å². The van der Waals surface area contributed by atoms with Gasteiger partial charge in [-0.3, -0.25) is 0 Å². The number of halogens is 2. The lowest BCUT2D eigenvalue weighted by Crippen LogP contribution is -1.77. The number of hydrogen-bond donors (Lipinski definition) is 0. The maximum Gasteiger partial charge on any atom is 0.0947 e. The predicted molar refractivity (Wildman–Crippen MR) is 46.2 cm³/mol. The first-order chi connectivity index (χ1) is 3.83. The Bertz CT molecular complexity index is 173. The minimum atomic E-state index is 0. The minimum absolute atomic E-state index is 0. The summed E-state index contributed by atoms with van der Waals surface area (Å²) >= 11 is 3.29. The van der Waals surface area contributed by atoms with Gasteiger partial charge in [0, 0.05) is 18.6 Å². The van der Waals surface area contributed by atoms with Crippen molar-refractivity contribution in [2.75, 3.05) is 0 Å². The summed E-state index contributed by atoms with van der Waals surface area (Å²) in [5, 5.41) is 0.841. The van der Waals surface area contributed by atoms with Crippen molar-refractivity contribution in [3.8, 4) is 0 Å². The molecule has 0 saturated carbocycles. The van der Waals surface area contributed by atoms with Gasteiger partial charge in [0.25, 0.3) is 0 Å². The number of alkyl halides is 1. The lowest BCUT2D eigenvalue weighted by Gasteiger charge is -1.80. The van der Waals surface area contributed by atoms with Crippen molar-refractivity contribution in [2.24, 2.45) is 7.05 Å². The zero-order valence-electron chi connectivity index (χ0n) is 5.04. The molecule has 4 heteroatoms. The largest absolute Gasteiger partial charge is 0.340 e. The number of aromatic nitrogens is 2. The summed E-state index contributed by atoms with van der Waals surface area (Å²) in [5.74, 6) is 0. The normalized spacial score (nSPS) is 8.67. The highest BCUT2D eigenvalue weighted by molar-refractivity contribution is 9.08. The van der Waals surface area contributed by atoms with Crippen LogP contribution in [0, 0.1) is 0 Å². The van der Waals surface area contributed by atoms with Crippen molar-refractivity contribution < 1.29 is 0 Å². The van der Waals surface area contributed by atoms with Gasteiger partial charge in [0.15, 0.2) is 0 Å². The Morgan fingerprint density at radius 3 is 2.67 bits per heavy atom. The van der Waals surface area contributed by atoms with Crippen LogP contribution in [0.15, 0.2) is 12.5 Å². The molecule has 9 heavy (non-hydrogen) atoms. The maximum atomic E-state index is 4.05. The standard InChI is InChI=1S/C5H7BrN2.BrH/c1-8-3-5(2-6)7-4-8;/h3-4H,2H2,1H3;1H. The Labute approximate surface area is 73.2 Å². The quantitative estimate of drug-likeness (QED) is 0.701. The molecule has 0 aromatic carbocycles. The molecule has 0 fully saturated rings. The molecule has 0 unspecified atom stereocenters. The highest BCUT2D eigenvalue weighted by atomic mass is 79.9. The molecule has 0 aliphatic rings. The third-order valence-corrected chi connectivity index (χ3v) is 1.47. The molecular weight excluding hydrogens is 248 g/mol. The second kappa shape index (κ2) is 4.06. The van der Waals surface area contributed by atoms with E-state index >= 15 is 0 Å². The minimum Gasteiger partial charge on any atom is -0.340 e. The fraction of sp³-hybridized carbons (Fsp3) is 0.400. The van der Waals surface area contributed by atoms with E-state index in [0.717, 1.165) is 11.0 Å². The Morgan fingerprint density at radius 2 is 2.44 bits per heavy atom. The van der Waals surface area contributed by atoms with Crippen LogP contribution in [0.25, 0.3) is 0 Å². The number of imidazole rings is 1. The molecule has 0 aliphatic heterocycles. The van der Waals surface area contributed by atoms with Crippen LogP contribution in [0.2, 0.25) is 0 Å². The molecule has 2 nitrogen and oxygen atoms in total. The first-order valence-electron chi connectivity index (χ1n) is 2.35. The third kappa shape index (κ3) is 2.49. The fourth-order valence-electron chi connectivity index (χ4n) is 0.536. The van der Waals surface area contributed by atoms with Gasteiger partial charge in [0.1, 0.15) is 0 Å². The lowest BCUT2D eigenvalue weighted by atomic mass is 10.6. The van der Waals surface area contributed by atoms with Crippen LogP contribution in [-0.4, -0.2) is 9.55 Å². The van der Waals surface area contributed by atoms with Crippen LogP contribution < -0.4 is 0 Å². The smallest absolute Gasteiger partial charge is 0.0947 e. The van der Waals surface area contributed by atoms with Gasteiger partial charge in [-0.25, -0.2) is 4.98 Å². The van der Waals surface area contributed by atoms with Crippen molar-refractivity contribution in [2.45, 2.75) is 5.33 Å². The molecular formula is C5H8Br2N2. The molecule has 0 N–H and O–H groups in total. The molecule has 0 spiro atoms. The molecule has 1 heterocycles. The van der Waals surface area contributed by atoms with Crippen LogP contribution in [0.1, 0.15) is 5.69 Å². The summed E-state index contributed by atoms with van der Waals surface area (Å²) in [6.45, 7) is 0. The van der Waals surface area contributed by atoms with E-state index in [9.17, 15) is 0 Å². The van der Waals surface area contributed by atoms with Gasteiger partial charge < -0.3 is 4.57 Å². The van der Waals surface area contributed by atoms with E-state index in [1.54, 1.807) is 6.33 Å². The Morgan fingerprint density at radius 1 is 1.78 bits per heavy atom. The van der Waals surface area contributed by atoms with E-state index in [0.29, 0.717) is 0 Å². The predicted octanol–water partition coefficient (Wildman–Crippen LogP) is 1.89. The van der Waals surface area contributed by atoms with Gasteiger partial charge >= 0.3 is 0 Å². The average molecular weight is 256 g/mol. The number of nitrogens with zero attached hydrogens (tertiary/aromatic N) is 2. The topological polar surface area (TPSA) is 17.8 Å². The first-order valence-corrected chi connectivity index (χ1v) is 3.48. The van der Waals surface area contributed by atoms with Crippen LogP contribution in [0.5, 0.6) is 0 Å². The van der Waals surface area contributed by atoms with E-state index in [2.05, 4.69) is 20.9 Å². The van der Waals surface area contributed by atoms with Gasteiger partial charge in [-0.1, -0.05) is 15.9 Å². The van der Waals surface area contributed by atoms with Gasteiger partial charge in [0.05, 0.1) is 12.0 Å². The van der Waals surface area contributed by atoms with E-state index in [1.807, 2.05) is 17.8 Å². The molecule has 0 amide bonds. The second-order valence-corrected chi connectivity index (χ2v) is 2.22. The Kier molecular flexibility index (Phi) is 4.14. The van der Waals surface area contributed by atoms with Crippen molar-refractivity contribution in [1.82, 2.24) is 9.55 Å². The molecule has 1 aromatic rings. The fourth-order valence-corrected chi connectivity index (χ4v) is 0.826. The molecule has 0 bridgehead atoms. The first kappa shape index (κ1) is 9.17. The summed E-state index contributed by atoms with van der Waals surface area (Å²) in [6.07, 6.45) is 3.77.